The quantitative estimate of drug-likeness (QED) is 0.264. The van der Waals surface area contributed by atoms with Crippen LogP contribution in [-0.4, -0.2) is 38.5 Å². The Hall–Kier alpha value is -3.64. The molecule has 0 saturated carbocycles. The molecule has 1 unspecified atom stereocenters. The van der Waals surface area contributed by atoms with Crippen molar-refractivity contribution in [2.45, 2.75) is 24.6 Å². The first-order valence-corrected chi connectivity index (χ1v) is 10.4. The standard InChI is InChI=1S/C21H13F3N4O4S/c22-21(23,24)10-5-6-14-13(7-10)26-15(33-14)9-27-17(30)11-3-1-2-4-12(11)20(18(27)31)8-16(29)28(25)19(20)32/h1-7H,8-9,25H2. The lowest BCUT2D eigenvalue weighted by Crippen LogP contribution is -2.58. The second kappa shape index (κ2) is 6.93. The van der Waals surface area contributed by atoms with Gasteiger partial charge < -0.3 is 0 Å². The number of nitrogens with two attached hydrogens (primary N) is 1. The maximum absolute atomic E-state index is 13.5. The fraction of sp³-hybridized carbons (Fsp3) is 0.190. The summed E-state index contributed by atoms with van der Waals surface area (Å²) < 4.78 is 39.5. The normalized spacial score (nSPS) is 21.0. The van der Waals surface area contributed by atoms with Gasteiger partial charge in [0.15, 0.2) is 5.41 Å². The average Bonchev–Trinajstić information content (AvgIpc) is 3.28. The lowest BCUT2D eigenvalue weighted by molar-refractivity contribution is -0.146. The highest BCUT2D eigenvalue weighted by molar-refractivity contribution is 7.18. The summed E-state index contributed by atoms with van der Waals surface area (Å²) in [5.74, 6) is 2.22. The van der Waals surface area contributed by atoms with Crippen molar-refractivity contribution in [3.8, 4) is 0 Å². The second-order valence-corrected chi connectivity index (χ2v) is 8.80. The first-order valence-electron chi connectivity index (χ1n) is 9.58. The van der Waals surface area contributed by atoms with E-state index in [0.29, 0.717) is 9.71 Å². The summed E-state index contributed by atoms with van der Waals surface area (Å²) in [7, 11) is 0. The number of hydrogen-bond acceptors (Lipinski definition) is 7. The molecule has 2 N–H and O–H groups in total. The fourth-order valence-corrected chi connectivity index (χ4v) is 5.14. The number of imide groups is 2. The Morgan fingerprint density at radius 3 is 2.45 bits per heavy atom. The molecule has 8 nitrogen and oxygen atoms in total. The van der Waals surface area contributed by atoms with Crippen LogP contribution in [0.4, 0.5) is 13.2 Å². The van der Waals surface area contributed by atoms with Gasteiger partial charge in [0.05, 0.1) is 28.7 Å². The van der Waals surface area contributed by atoms with Crippen LogP contribution >= 0.6 is 11.3 Å². The molecule has 2 aliphatic rings. The number of amides is 4. The Labute approximate surface area is 187 Å². The van der Waals surface area contributed by atoms with Crippen molar-refractivity contribution < 1.29 is 32.3 Å². The summed E-state index contributed by atoms with van der Waals surface area (Å²) in [6.07, 6.45) is -5.08. The molecule has 2 aromatic carbocycles. The third kappa shape index (κ3) is 2.98. The summed E-state index contributed by atoms with van der Waals surface area (Å²) in [5, 5.41) is 0.570. The van der Waals surface area contributed by atoms with E-state index in [1.54, 1.807) is 12.1 Å². The number of thiazole rings is 1. The van der Waals surface area contributed by atoms with Gasteiger partial charge in [0, 0.05) is 5.56 Å². The van der Waals surface area contributed by atoms with Gasteiger partial charge in [-0.25, -0.2) is 15.8 Å². The number of hydrazine groups is 1. The van der Waals surface area contributed by atoms with Crippen LogP contribution in [0.2, 0.25) is 0 Å². The van der Waals surface area contributed by atoms with Gasteiger partial charge in [-0.05, 0) is 29.8 Å². The third-order valence-corrected chi connectivity index (χ3v) is 6.82. The zero-order chi connectivity index (χ0) is 23.7. The molecular formula is C21H13F3N4O4S. The molecule has 33 heavy (non-hydrogen) atoms. The zero-order valence-electron chi connectivity index (χ0n) is 16.5. The Morgan fingerprint density at radius 1 is 1.06 bits per heavy atom. The van der Waals surface area contributed by atoms with Crippen LogP contribution in [0.5, 0.6) is 0 Å². The number of halogens is 3. The fourth-order valence-electron chi connectivity index (χ4n) is 4.21. The molecule has 0 bridgehead atoms. The largest absolute Gasteiger partial charge is 0.416 e. The molecule has 12 heteroatoms. The van der Waals surface area contributed by atoms with Crippen molar-refractivity contribution in [3.05, 3.63) is 64.2 Å². The van der Waals surface area contributed by atoms with Gasteiger partial charge >= 0.3 is 6.18 Å². The number of carbonyl (C=O) groups is 4. The number of benzene rings is 2. The van der Waals surface area contributed by atoms with E-state index in [1.165, 1.54) is 18.2 Å². The van der Waals surface area contributed by atoms with E-state index in [4.69, 9.17) is 5.84 Å². The smallest absolute Gasteiger partial charge is 0.273 e. The highest BCUT2D eigenvalue weighted by atomic mass is 32.1. The van der Waals surface area contributed by atoms with E-state index < -0.39 is 47.2 Å². The zero-order valence-corrected chi connectivity index (χ0v) is 17.4. The number of aromatic nitrogens is 1. The topological polar surface area (TPSA) is 114 Å². The number of nitrogens with zero attached hydrogens (tertiary/aromatic N) is 3. The molecule has 1 aromatic heterocycles. The highest BCUT2D eigenvalue weighted by Crippen LogP contribution is 2.43. The molecule has 0 radical (unpaired) electrons. The van der Waals surface area contributed by atoms with Gasteiger partial charge in [0.25, 0.3) is 17.7 Å². The van der Waals surface area contributed by atoms with Crippen molar-refractivity contribution in [1.82, 2.24) is 14.9 Å². The van der Waals surface area contributed by atoms with Crippen LogP contribution in [-0.2, 0) is 32.5 Å². The van der Waals surface area contributed by atoms with Gasteiger partial charge in [0.2, 0.25) is 5.91 Å². The highest BCUT2D eigenvalue weighted by Gasteiger charge is 2.62. The Morgan fingerprint density at radius 2 is 1.79 bits per heavy atom. The van der Waals surface area contributed by atoms with Gasteiger partial charge in [-0.15, -0.1) is 11.3 Å². The molecular weight excluding hydrogens is 461 g/mol. The Bertz CT molecular complexity index is 1390. The molecule has 1 saturated heterocycles. The minimum Gasteiger partial charge on any atom is -0.273 e. The predicted molar refractivity (Wildman–Crippen MR) is 108 cm³/mol. The van der Waals surface area contributed by atoms with Gasteiger partial charge in [-0.3, -0.25) is 24.1 Å². The minimum absolute atomic E-state index is 0.0639. The van der Waals surface area contributed by atoms with Crippen LogP contribution in [0.25, 0.3) is 10.2 Å². The molecule has 0 aliphatic carbocycles. The van der Waals surface area contributed by atoms with E-state index in [1.807, 2.05) is 0 Å². The molecule has 3 heterocycles. The number of carbonyl (C=O) groups excluding carboxylic acids is 4. The lowest BCUT2D eigenvalue weighted by atomic mass is 9.72. The van der Waals surface area contributed by atoms with Crippen molar-refractivity contribution in [1.29, 1.82) is 0 Å². The van der Waals surface area contributed by atoms with Crippen molar-refractivity contribution in [2.24, 2.45) is 5.84 Å². The lowest BCUT2D eigenvalue weighted by Gasteiger charge is -2.37. The summed E-state index contributed by atoms with van der Waals surface area (Å²) >= 11 is 1.02. The van der Waals surface area contributed by atoms with Crippen LogP contribution in [0, 0.1) is 0 Å². The average molecular weight is 474 g/mol. The Kier molecular flexibility index (Phi) is 4.45. The van der Waals surface area contributed by atoms with Gasteiger partial charge in [-0.1, -0.05) is 18.2 Å². The summed E-state index contributed by atoms with van der Waals surface area (Å²) in [6.45, 7) is -0.375. The first-order chi connectivity index (χ1) is 15.5. The summed E-state index contributed by atoms with van der Waals surface area (Å²) in [5.41, 5.74) is -2.62. The van der Waals surface area contributed by atoms with Crippen LogP contribution < -0.4 is 5.84 Å². The second-order valence-electron chi connectivity index (χ2n) is 7.68. The third-order valence-electron chi connectivity index (χ3n) is 5.79. The van der Waals surface area contributed by atoms with E-state index in [-0.39, 0.29) is 28.2 Å². The first kappa shape index (κ1) is 21.2. The van der Waals surface area contributed by atoms with Crippen LogP contribution in [0.3, 0.4) is 0 Å². The van der Waals surface area contributed by atoms with Gasteiger partial charge in [-0.2, -0.15) is 13.2 Å². The monoisotopic (exact) mass is 474 g/mol. The molecule has 2 aliphatic heterocycles. The molecule has 168 valence electrons. The van der Waals surface area contributed by atoms with Gasteiger partial charge in [0.1, 0.15) is 5.01 Å². The number of hydrogen-bond donors (Lipinski definition) is 1. The molecule has 1 fully saturated rings. The van der Waals surface area contributed by atoms with Crippen LogP contribution in [0.1, 0.15) is 32.9 Å². The predicted octanol–water partition coefficient (Wildman–Crippen LogP) is 2.37. The van der Waals surface area contributed by atoms with Crippen molar-refractivity contribution in [2.75, 3.05) is 0 Å². The maximum atomic E-state index is 13.5. The maximum Gasteiger partial charge on any atom is 0.416 e. The summed E-state index contributed by atoms with van der Waals surface area (Å²) in [6, 6.07) is 9.03. The van der Waals surface area contributed by atoms with Crippen molar-refractivity contribution in [3.63, 3.8) is 0 Å². The molecule has 1 atom stereocenters. The van der Waals surface area contributed by atoms with E-state index in [2.05, 4.69) is 4.98 Å². The molecule has 1 spiro atoms. The Balaban J connectivity index is 1.58. The SMILES string of the molecule is NN1C(=O)CC2(C1=O)C(=O)N(Cc1nc3cc(C(F)(F)F)ccc3s1)C(=O)c1ccccc12. The van der Waals surface area contributed by atoms with E-state index >= 15 is 0 Å². The summed E-state index contributed by atoms with van der Waals surface area (Å²) in [4.78, 5) is 56.8. The van der Waals surface area contributed by atoms with E-state index in [9.17, 15) is 32.3 Å². The molecule has 4 amide bonds. The molecule has 3 aromatic rings. The van der Waals surface area contributed by atoms with Crippen LogP contribution in [0.15, 0.2) is 42.5 Å². The van der Waals surface area contributed by atoms with E-state index in [0.717, 1.165) is 28.4 Å². The number of alkyl halides is 3. The number of rotatable bonds is 2. The minimum atomic E-state index is -4.55. The molecule has 5 rings (SSSR count). The van der Waals surface area contributed by atoms with Crippen molar-refractivity contribution >= 4 is 45.2 Å². The number of fused-ring (bicyclic) bond motifs is 3.